The number of rotatable bonds is 5. The van der Waals surface area contributed by atoms with E-state index in [1.54, 1.807) is 13.8 Å². The molecule has 1 heterocycles. The molecule has 3 heteroatoms. The first kappa shape index (κ1) is 13.0. The van der Waals surface area contributed by atoms with Gasteiger partial charge in [0.15, 0.2) is 0 Å². The van der Waals surface area contributed by atoms with Gasteiger partial charge in [-0.15, -0.1) is 0 Å². The van der Waals surface area contributed by atoms with Crippen LogP contribution in [-0.2, 0) is 5.60 Å². The van der Waals surface area contributed by atoms with E-state index in [1.165, 1.54) is 0 Å². The second kappa shape index (κ2) is 5.30. The standard InChI is InChI=1S/C13H22N2O/c1-10(2)8-9-14-12-7-5-6-11(15-12)13(3,4)16/h5-7,10,16H,8-9H2,1-4H3,(H,14,15). The van der Waals surface area contributed by atoms with Crippen LogP contribution in [0, 0.1) is 5.92 Å². The molecule has 1 aromatic rings. The van der Waals surface area contributed by atoms with Crippen LogP contribution in [0.5, 0.6) is 0 Å². The summed E-state index contributed by atoms with van der Waals surface area (Å²) in [5, 5.41) is 13.1. The Labute approximate surface area is 97.9 Å². The quantitative estimate of drug-likeness (QED) is 0.805. The van der Waals surface area contributed by atoms with E-state index >= 15 is 0 Å². The number of aliphatic hydroxyl groups is 1. The molecule has 0 atom stereocenters. The lowest BCUT2D eigenvalue weighted by molar-refractivity contribution is 0.0740. The van der Waals surface area contributed by atoms with Gasteiger partial charge in [0.2, 0.25) is 0 Å². The van der Waals surface area contributed by atoms with Crippen molar-refractivity contribution in [2.75, 3.05) is 11.9 Å². The first-order valence-corrected chi connectivity index (χ1v) is 5.83. The lowest BCUT2D eigenvalue weighted by Gasteiger charge is -2.17. The van der Waals surface area contributed by atoms with Crippen LogP contribution >= 0.6 is 0 Å². The highest BCUT2D eigenvalue weighted by Gasteiger charge is 2.17. The highest BCUT2D eigenvalue weighted by Crippen LogP contribution is 2.18. The normalized spacial score (nSPS) is 11.9. The van der Waals surface area contributed by atoms with E-state index in [9.17, 15) is 5.11 Å². The van der Waals surface area contributed by atoms with E-state index < -0.39 is 5.60 Å². The minimum absolute atomic E-state index is 0.685. The average Bonchev–Trinajstić information content (AvgIpc) is 2.16. The fraction of sp³-hybridized carbons (Fsp3) is 0.615. The highest BCUT2D eigenvalue weighted by atomic mass is 16.3. The van der Waals surface area contributed by atoms with Crippen LogP contribution in [0.15, 0.2) is 18.2 Å². The van der Waals surface area contributed by atoms with Gasteiger partial charge >= 0.3 is 0 Å². The van der Waals surface area contributed by atoms with Crippen LogP contribution in [0.1, 0.15) is 39.8 Å². The Hall–Kier alpha value is -1.09. The van der Waals surface area contributed by atoms with Gasteiger partial charge in [0.05, 0.1) is 5.69 Å². The molecule has 0 aliphatic heterocycles. The van der Waals surface area contributed by atoms with E-state index in [-0.39, 0.29) is 0 Å². The Bertz CT molecular complexity index is 329. The van der Waals surface area contributed by atoms with Crippen LogP contribution in [0.25, 0.3) is 0 Å². The molecule has 0 amide bonds. The van der Waals surface area contributed by atoms with Crippen molar-refractivity contribution < 1.29 is 5.11 Å². The third-order valence-corrected chi connectivity index (χ3v) is 2.40. The number of nitrogens with zero attached hydrogens (tertiary/aromatic N) is 1. The molecule has 0 radical (unpaired) electrons. The molecule has 16 heavy (non-hydrogen) atoms. The summed E-state index contributed by atoms with van der Waals surface area (Å²) in [5.41, 5.74) is -0.183. The number of nitrogens with one attached hydrogen (secondary N) is 1. The zero-order chi connectivity index (χ0) is 12.2. The Morgan fingerprint density at radius 1 is 1.38 bits per heavy atom. The predicted molar refractivity (Wildman–Crippen MR) is 67.4 cm³/mol. The fourth-order valence-electron chi connectivity index (χ4n) is 1.36. The van der Waals surface area contributed by atoms with Gasteiger partial charge in [-0.1, -0.05) is 19.9 Å². The van der Waals surface area contributed by atoms with Gasteiger partial charge in [-0.3, -0.25) is 0 Å². The van der Waals surface area contributed by atoms with Crippen LogP contribution in [-0.4, -0.2) is 16.6 Å². The lowest BCUT2D eigenvalue weighted by atomic mass is 10.1. The summed E-state index contributed by atoms with van der Waals surface area (Å²) >= 11 is 0. The summed E-state index contributed by atoms with van der Waals surface area (Å²) in [6.45, 7) is 8.80. The molecule has 90 valence electrons. The van der Waals surface area contributed by atoms with Crippen molar-refractivity contribution in [3.63, 3.8) is 0 Å². The maximum atomic E-state index is 9.84. The topological polar surface area (TPSA) is 45.1 Å². The zero-order valence-electron chi connectivity index (χ0n) is 10.6. The van der Waals surface area contributed by atoms with Gasteiger partial charge in [-0.05, 0) is 38.3 Å². The van der Waals surface area contributed by atoms with Gasteiger partial charge in [-0.25, -0.2) is 4.98 Å². The molecule has 0 fully saturated rings. The summed E-state index contributed by atoms with van der Waals surface area (Å²) in [6.07, 6.45) is 1.12. The molecule has 0 bridgehead atoms. The third-order valence-electron chi connectivity index (χ3n) is 2.40. The van der Waals surface area contributed by atoms with Gasteiger partial charge < -0.3 is 10.4 Å². The summed E-state index contributed by atoms with van der Waals surface area (Å²) in [4.78, 5) is 4.38. The summed E-state index contributed by atoms with van der Waals surface area (Å²) in [5.74, 6) is 1.52. The number of hydrogen-bond donors (Lipinski definition) is 2. The van der Waals surface area contributed by atoms with Crippen LogP contribution in [0.4, 0.5) is 5.82 Å². The van der Waals surface area contributed by atoms with E-state index in [0.717, 1.165) is 18.8 Å². The molecule has 1 aromatic heterocycles. The molecule has 3 nitrogen and oxygen atoms in total. The smallest absolute Gasteiger partial charge is 0.126 e. The Morgan fingerprint density at radius 3 is 2.62 bits per heavy atom. The van der Waals surface area contributed by atoms with Crippen molar-refractivity contribution >= 4 is 5.82 Å². The van der Waals surface area contributed by atoms with Gasteiger partial charge in [0, 0.05) is 6.54 Å². The Morgan fingerprint density at radius 2 is 2.06 bits per heavy atom. The molecular formula is C13H22N2O. The van der Waals surface area contributed by atoms with Crippen molar-refractivity contribution in [1.82, 2.24) is 4.98 Å². The maximum absolute atomic E-state index is 9.84. The maximum Gasteiger partial charge on any atom is 0.126 e. The number of pyridine rings is 1. The number of anilines is 1. The predicted octanol–water partition coefficient (Wildman–Crippen LogP) is 2.77. The van der Waals surface area contributed by atoms with Gasteiger partial charge in [0.1, 0.15) is 11.4 Å². The monoisotopic (exact) mass is 222 g/mol. The van der Waals surface area contributed by atoms with Crippen molar-refractivity contribution in [2.45, 2.75) is 39.7 Å². The molecule has 0 aromatic carbocycles. The largest absolute Gasteiger partial charge is 0.384 e. The number of aromatic nitrogens is 1. The van der Waals surface area contributed by atoms with Crippen molar-refractivity contribution in [3.05, 3.63) is 23.9 Å². The van der Waals surface area contributed by atoms with Crippen LogP contribution < -0.4 is 5.32 Å². The molecule has 2 N–H and O–H groups in total. The van der Waals surface area contributed by atoms with Gasteiger partial charge in [0.25, 0.3) is 0 Å². The van der Waals surface area contributed by atoms with Gasteiger partial charge in [-0.2, -0.15) is 0 Å². The van der Waals surface area contributed by atoms with E-state index in [1.807, 2.05) is 18.2 Å². The molecule has 0 aliphatic rings. The Kier molecular flexibility index (Phi) is 4.30. The zero-order valence-corrected chi connectivity index (χ0v) is 10.6. The number of hydrogen-bond acceptors (Lipinski definition) is 3. The molecule has 0 unspecified atom stereocenters. The second-order valence-corrected chi connectivity index (χ2v) is 5.08. The molecule has 0 saturated heterocycles. The van der Waals surface area contributed by atoms with Crippen molar-refractivity contribution in [3.8, 4) is 0 Å². The summed E-state index contributed by atoms with van der Waals surface area (Å²) in [7, 11) is 0. The first-order valence-electron chi connectivity index (χ1n) is 5.83. The van der Waals surface area contributed by atoms with E-state index in [0.29, 0.717) is 11.6 Å². The molecule has 1 rings (SSSR count). The minimum atomic E-state index is -0.879. The second-order valence-electron chi connectivity index (χ2n) is 5.08. The Balaban J connectivity index is 2.61. The van der Waals surface area contributed by atoms with E-state index in [4.69, 9.17) is 0 Å². The highest BCUT2D eigenvalue weighted by molar-refractivity contribution is 5.36. The summed E-state index contributed by atoms with van der Waals surface area (Å²) < 4.78 is 0. The third kappa shape index (κ3) is 4.19. The first-order chi connectivity index (χ1) is 7.39. The van der Waals surface area contributed by atoms with Crippen molar-refractivity contribution in [2.24, 2.45) is 5.92 Å². The van der Waals surface area contributed by atoms with Crippen LogP contribution in [0.2, 0.25) is 0 Å². The van der Waals surface area contributed by atoms with E-state index in [2.05, 4.69) is 24.1 Å². The molecule has 0 spiro atoms. The van der Waals surface area contributed by atoms with Crippen molar-refractivity contribution in [1.29, 1.82) is 0 Å². The summed E-state index contributed by atoms with van der Waals surface area (Å²) in [6, 6.07) is 5.68. The lowest BCUT2D eigenvalue weighted by Crippen LogP contribution is -2.18. The molecule has 0 saturated carbocycles. The molecule has 0 aliphatic carbocycles. The van der Waals surface area contributed by atoms with Crippen LogP contribution in [0.3, 0.4) is 0 Å². The SMILES string of the molecule is CC(C)CCNc1cccc(C(C)(C)O)n1. The minimum Gasteiger partial charge on any atom is -0.384 e. The fourth-order valence-corrected chi connectivity index (χ4v) is 1.36. The molecular weight excluding hydrogens is 200 g/mol. The average molecular weight is 222 g/mol.